The monoisotopic (exact) mass is 288 g/mol. The summed E-state index contributed by atoms with van der Waals surface area (Å²) in [5, 5.41) is 0. The number of ether oxygens (including phenoxy) is 1. The summed E-state index contributed by atoms with van der Waals surface area (Å²) in [4.78, 5) is 36.9. The second-order valence-corrected chi connectivity index (χ2v) is 5.73. The molecule has 0 amide bonds. The molecule has 0 saturated heterocycles. The van der Waals surface area contributed by atoms with Crippen molar-refractivity contribution in [1.82, 2.24) is 0 Å². The number of methoxy groups -OCH3 is 1. The molecule has 0 aromatic heterocycles. The van der Waals surface area contributed by atoms with Crippen molar-refractivity contribution >= 4 is 17.5 Å². The molecule has 1 aromatic carbocycles. The summed E-state index contributed by atoms with van der Waals surface area (Å²) in [7, 11) is 1.29. The van der Waals surface area contributed by atoms with Crippen LogP contribution in [0.2, 0.25) is 0 Å². The second-order valence-electron chi connectivity index (χ2n) is 5.73. The average molecular weight is 288 g/mol. The van der Waals surface area contributed by atoms with Crippen molar-refractivity contribution in [1.29, 1.82) is 0 Å². The van der Waals surface area contributed by atoms with Crippen molar-refractivity contribution in [3.63, 3.8) is 0 Å². The molecule has 0 heterocycles. The lowest BCUT2D eigenvalue weighted by molar-refractivity contribution is -0.166. The highest BCUT2D eigenvalue weighted by molar-refractivity contribution is 6.06. The summed E-state index contributed by atoms with van der Waals surface area (Å²) in [6, 6.07) is 9.28. The van der Waals surface area contributed by atoms with Crippen molar-refractivity contribution in [2.45, 2.75) is 32.6 Å². The Morgan fingerprint density at radius 2 is 1.81 bits per heavy atom. The number of esters is 1. The van der Waals surface area contributed by atoms with Crippen LogP contribution >= 0.6 is 0 Å². The fourth-order valence-electron chi connectivity index (χ4n) is 3.63. The Hall–Kier alpha value is -1.97. The molecule has 0 bridgehead atoms. The third kappa shape index (κ3) is 2.39. The molecule has 21 heavy (non-hydrogen) atoms. The lowest BCUT2D eigenvalue weighted by atomic mass is 9.56. The standard InChI is InChI=1S/C17H20O4/c1-11-9-14(19)10-15(13-7-5-4-6-8-13)17(11,12(2)18)16(20)21-3/h4-8,11,15H,9-10H2,1-3H3/t11-,15+,17-/m0/s1. The van der Waals surface area contributed by atoms with E-state index in [1.54, 1.807) is 6.92 Å². The van der Waals surface area contributed by atoms with Gasteiger partial charge in [0, 0.05) is 18.8 Å². The Balaban J connectivity index is 2.62. The molecule has 1 aromatic rings. The van der Waals surface area contributed by atoms with Gasteiger partial charge in [-0.3, -0.25) is 14.4 Å². The van der Waals surface area contributed by atoms with E-state index in [4.69, 9.17) is 4.74 Å². The average Bonchev–Trinajstić information content (AvgIpc) is 2.46. The SMILES string of the molecule is COC(=O)[C@@]1(C(C)=O)[C@@H](c2ccccc2)CC(=O)C[C@@H]1C. The zero-order valence-electron chi connectivity index (χ0n) is 12.6. The molecule has 0 spiro atoms. The zero-order valence-corrected chi connectivity index (χ0v) is 12.6. The maximum atomic E-state index is 12.5. The highest BCUT2D eigenvalue weighted by Gasteiger charge is 2.58. The lowest BCUT2D eigenvalue weighted by Gasteiger charge is -2.44. The molecule has 0 unspecified atom stereocenters. The molecule has 4 heteroatoms. The van der Waals surface area contributed by atoms with E-state index in [9.17, 15) is 14.4 Å². The second kappa shape index (κ2) is 5.80. The molecule has 3 atom stereocenters. The van der Waals surface area contributed by atoms with Gasteiger partial charge in [0.25, 0.3) is 0 Å². The van der Waals surface area contributed by atoms with Gasteiger partial charge in [-0.25, -0.2) is 0 Å². The van der Waals surface area contributed by atoms with Crippen LogP contribution in [0.4, 0.5) is 0 Å². The summed E-state index contributed by atoms with van der Waals surface area (Å²) in [6.45, 7) is 3.20. The molecular formula is C17H20O4. The molecule has 0 aliphatic heterocycles. The largest absolute Gasteiger partial charge is 0.468 e. The van der Waals surface area contributed by atoms with E-state index < -0.39 is 17.3 Å². The normalized spacial score (nSPS) is 29.0. The number of carbonyl (C=O) groups is 3. The van der Waals surface area contributed by atoms with Gasteiger partial charge >= 0.3 is 5.97 Å². The van der Waals surface area contributed by atoms with Crippen molar-refractivity contribution in [3.8, 4) is 0 Å². The third-order valence-corrected chi connectivity index (χ3v) is 4.60. The van der Waals surface area contributed by atoms with Gasteiger partial charge in [0.2, 0.25) is 0 Å². The number of carbonyl (C=O) groups excluding carboxylic acids is 3. The number of rotatable bonds is 3. The number of hydrogen-bond donors (Lipinski definition) is 0. The van der Waals surface area contributed by atoms with E-state index in [1.807, 2.05) is 30.3 Å². The van der Waals surface area contributed by atoms with Crippen molar-refractivity contribution in [2.24, 2.45) is 11.3 Å². The number of Topliss-reactive ketones (excluding diaryl/α,β-unsaturated/α-hetero) is 2. The number of hydrogen-bond acceptors (Lipinski definition) is 4. The van der Waals surface area contributed by atoms with Crippen LogP contribution in [0, 0.1) is 11.3 Å². The van der Waals surface area contributed by atoms with E-state index in [0.29, 0.717) is 0 Å². The highest BCUT2D eigenvalue weighted by Crippen LogP contribution is 2.51. The number of benzene rings is 1. The fourth-order valence-corrected chi connectivity index (χ4v) is 3.63. The van der Waals surface area contributed by atoms with Gasteiger partial charge < -0.3 is 4.74 Å². The minimum absolute atomic E-state index is 0.0807. The molecule has 1 aliphatic rings. The summed E-state index contributed by atoms with van der Waals surface area (Å²) >= 11 is 0. The maximum Gasteiger partial charge on any atom is 0.320 e. The van der Waals surface area contributed by atoms with Crippen molar-refractivity contribution in [3.05, 3.63) is 35.9 Å². The van der Waals surface area contributed by atoms with Crippen LogP contribution in [0.15, 0.2) is 30.3 Å². The van der Waals surface area contributed by atoms with Gasteiger partial charge in [0.15, 0.2) is 0 Å². The van der Waals surface area contributed by atoms with E-state index >= 15 is 0 Å². The molecule has 0 radical (unpaired) electrons. The first-order valence-corrected chi connectivity index (χ1v) is 7.10. The Morgan fingerprint density at radius 1 is 1.19 bits per heavy atom. The van der Waals surface area contributed by atoms with Gasteiger partial charge in [0.1, 0.15) is 17.0 Å². The molecule has 2 rings (SSSR count). The summed E-state index contributed by atoms with van der Waals surface area (Å²) in [5.41, 5.74) is -0.442. The molecule has 1 aliphatic carbocycles. The minimum Gasteiger partial charge on any atom is -0.468 e. The van der Waals surface area contributed by atoms with Crippen molar-refractivity contribution < 1.29 is 19.1 Å². The molecule has 0 N–H and O–H groups in total. The van der Waals surface area contributed by atoms with Crippen LogP contribution in [0.1, 0.15) is 38.2 Å². The predicted molar refractivity (Wildman–Crippen MR) is 77.7 cm³/mol. The first-order chi connectivity index (χ1) is 9.94. The van der Waals surface area contributed by atoms with Crippen LogP contribution in [0.3, 0.4) is 0 Å². The molecule has 1 fully saturated rings. The van der Waals surface area contributed by atoms with Crippen LogP contribution < -0.4 is 0 Å². The van der Waals surface area contributed by atoms with E-state index in [0.717, 1.165) is 5.56 Å². The fraction of sp³-hybridized carbons (Fsp3) is 0.471. The van der Waals surface area contributed by atoms with Gasteiger partial charge in [0.05, 0.1) is 7.11 Å². The Kier molecular flexibility index (Phi) is 4.26. The number of ketones is 2. The van der Waals surface area contributed by atoms with Crippen molar-refractivity contribution in [2.75, 3.05) is 7.11 Å². The Bertz CT molecular complexity index is 563. The summed E-state index contributed by atoms with van der Waals surface area (Å²) < 4.78 is 4.94. The highest BCUT2D eigenvalue weighted by atomic mass is 16.5. The van der Waals surface area contributed by atoms with Crippen LogP contribution in [0.25, 0.3) is 0 Å². The molecule has 1 saturated carbocycles. The van der Waals surface area contributed by atoms with Gasteiger partial charge in [-0.1, -0.05) is 37.3 Å². The van der Waals surface area contributed by atoms with Crippen LogP contribution in [0.5, 0.6) is 0 Å². The molecule has 4 nitrogen and oxygen atoms in total. The minimum atomic E-state index is -1.27. The van der Waals surface area contributed by atoms with Crippen LogP contribution in [-0.2, 0) is 19.1 Å². The topological polar surface area (TPSA) is 60.4 Å². The summed E-state index contributed by atoms with van der Waals surface area (Å²) in [5.74, 6) is -1.52. The van der Waals surface area contributed by atoms with Crippen LogP contribution in [-0.4, -0.2) is 24.6 Å². The predicted octanol–water partition coefficient (Wildman–Crippen LogP) is 2.52. The zero-order chi connectivity index (χ0) is 15.6. The first-order valence-electron chi connectivity index (χ1n) is 7.10. The lowest BCUT2D eigenvalue weighted by Crippen LogP contribution is -2.52. The Labute approximate surface area is 124 Å². The van der Waals surface area contributed by atoms with Gasteiger partial charge in [-0.15, -0.1) is 0 Å². The smallest absolute Gasteiger partial charge is 0.320 e. The third-order valence-electron chi connectivity index (χ3n) is 4.60. The molecule has 112 valence electrons. The maximum absolute atomic E-state index is 12.5. The van der Waals surface area contributed by atoms with E-state index in [2.05, 4.69) is 0 Å². The quantitative estimate of drug-likeness (QED) is 0.633. The van der Waals surface area contributed by atoms with E-state index in [1.165, 1.54) is 14.0 Å². The van der Waals surface area contributed by atoms with E-state index in [-0.39, 0.29) is 30.3 Å². The Morgan fingerprint density at radius 3 is 2.33 bits per heavy atom. The van der Waals surface area contributed by atoms with Gasteiger partial charge in [-0.2, -0.15) is 0 Å². The van der Waals surface area contributed by atoms with Gasteiger partial charge in [-0.05, 0) is 18.4 Å². The summed E-state index contributed by atoms with van der Waals surface area (Å²) in [6.07, 6.45) is 0.432. The first kappa shape index (κ1) is 15.4. The molecular weight excluding hydrogens is 268 g/mol.